The van der Waals surface area contributed by atoms with Crippen LogP contribution in [0, 0.1) is 0 Å². The molecule has 0 aliphatic heterocycles. The molecule has 1 atom stereocenters. The minimum atomic E-state index is -2.06. The van der Waals surface area contributed by atoms with Crippen molar-refractivity contribution in [3.05, 3.63) is 36.5 Å². The van der Waals surface area contributed by atoms with Gasteiger partial charge in [0.15, 0.2) is 0 Å². The average Bonchev–Trinajstić information content (AvgIpc) is 2.18. The Morgan fingerprint density at radius 2 is 2.07 bits per heavy atom. The Hall–Kier alpha value is -1.46. The number of nitrogens with one attached hydrogen (secondary N) is 1. The van der Waals surface area contributed by atoms with E-state index >= 15 is 0 Å². The number of benzene rings is 1. The molecule has 2 rings (SSSR count). The van der Waals surface area contributed by atoms with Crippen LogP contribution in [0.2, 0.25) is 0 Å². The zero-order valence-electron chi connectivity index (χ0n) is 7.18. The van der Waals surface area contributed by atoms with Crippen molar-refractivity contribution in [1.29, 1.82) is 0 Å². The smallest absolute Gasteiger partial charge is 0.259 e. The molecule has 5 heteroatoms. The standard InChI is InChI=1S/C9H8N2O2S/c12-14(13)11-8-5-1-3-7-4-2-6-10-9(7)8/h1-6,11H,(H,12,13). The molecule has 0 saturated heterocycles. The van der Waals surface area contributed by atoms with E-state index in [0.29, 0.717) is 11.2 Å². The number of hydrogen-bond acceptors (Lipinski definition) is 2. The van der Waals surface area contributed by atoms with Crippen LogP contribution in [-0.4, -0.2) is 13.7 Å². The fourth-order valence-corrected chi connectivity index (χ4v) is 1.63. The number of para-hydroxylation sites is 1. The van der Waals surface area contributed by atoms with Gasteiger partial charge in [-0.25, -0.2) is 4.21 Å². The van der Waals surface area contributed by atoms with Gasteiger partial charge in [-0.3, -0.25) is 14.3 Å². The summed E-state index contributed by atoms with van der Waals surface area (Å²) in [5.74, 6) is 0. The summed E-state index contributed by atoms with van der Waals surface area (Å²) in [6, 6.07) is 9.13. The van der Waals surface area contributed by atoms with Crippen LogP contribution in [0.1, 0.15) is 0 Å². The van der Waals surface area contributed by atoms with Crippen LogP contribution < -0.4 is 4.72 Å². The van der Waals surface area contributed by atoms with E-state index in [9.17, 15) is 4.21 Å². The minimum absolute atomic E-state index is 0.559. The molecule has 0 bridgehead atoms. The highest BCUT2D eigenvalue weighted by molar-refractivity contribution is 7.80. The molecule has 4 nitrogen and oxygen atoms in total. The Kier molecular flexibility index (Phi) is 2.43. The monoisotopic (exact) mass is 208 g/mol. The maximum atomic E-state index is 10.6. The Morgan fingerprint density at radius 3 is 2.86 bits per heavy atom. The molecule has 1 aromatic carbocycles. The zero-order valence-corrected chi connectivity index (χ0v) is 7.99. The maximum absolute atomic E-state index is 10.6. The van der Waals surface area contributed by atoms with Crippen LogP contribution >= 0.6 is 0 Å². The molecule has 0 saturated carbocycles. The van der Waals surface area contributed by atoms with Crippen molar-refractivity contribution >= 4 is 27.9 Å². The highest BCUT2D eigenvalue weighted by Crippen LogP contribution is 2.20. The van der Waals surface area contributed by atoms with E-state index < -0.39 is 11.3 Å². The third-order valence-electron chi connectivity index (χ3n) is 1.83. The number of pyridine rings is 1. The lowest BCUT2D eigenvalue weighted by Crippen LogP contribution is -2.02. The van der Waals surface area contributed by atoms with Gasteiger partial charge in [-0.15, -0.1) is 0 Å². The van der Waals surface area contributed by atoms with Gasteiger partial charge in [-0.1, -0.05) is 18.2 Å². The van der Waals surface area contributed by atoms with E-state index in [0.717, 1.165) is 5.39 Å². The third-order valence-corrected chi connectivity index (χ3v) is 2.22. The van der Waals surface area contributed by atoms with Gasteiger partial charge in [0.05, 0.1) is 11.2 Å². The van der Waals surface area contributed by atoms with Gasteiger partial charge in [0, 0.05) is 11.6 Å². The van der Waals surface area contributed by atoms with Crippen LogP contribution in [0.5, 0.6) is 0 Å². The van der Waals surface area contributed by atoms with Crippen molar-refractivity contribution in [2.45, 2.75) is 0 Å². The second kappa shape index (κ2) is 3.73. The van der Waals surface area contributed by atoms with Crippen molar-refractivity contribution in [3.8, 4) is 0 Å². The first kappa shape index (κ1) is 9.11. The Labute approximate surface area is 83.4 Å². The molecule has 0 aliphatic rings. The lowest BCUT2D eigenvalue weighted by molar-refractivity contribution is 0.570. The van der Waals surface area contributed by atoms with E-state index in [2.05, 4.69) is 9.71 Å². The largest absolute Gasteiger partial charge is 0.289 e. The fourth-order valence-electron chi connectivity index (χ4n) is 1.28. The van der Waals surface area contributed by atoms with Gasteiger partial charge in [0.25, 0.3) is 11.3 Å². The number of rotatable bonds is 2. The van der Waals surface area contributed by atoms with E-state index in [4.69, 9.17) is 4.55 Å². The summed E-state index contributed by atoms with van der Waals surface area (Å²) in [6.07, 6.45) is 1.65. The zero-order chi connectivity index (χ0) is 9.97. The van der Waals surface area contributed by atoms with Crippen LogP contribution in [-0.2, 0) is 11.3 Å². The minimum Gasteiger partial charge on any atom is -0.289 e. The van der Waals surface area contributed by atoms with Gasteiger partial charge in [0.1, 0.15) is 0 Å². The Morgan fingerprint density at radius 1 is 1.29 bits per heavy atom. The molecule has 0 fully saturated rings. The van der Waals surface area contributed by atoms with Gasteiger partial charge < -0.3 is 0 Å². The summed E-state index contributed by atoms with van der Waals surface area (Å²) >= 11 is -2.06. The summed E-state index contributed by atoms with van der Waals surface area (Å²) in [6.45, 7) is 0. The lowest BCUT2D eigenvalue weighted by Gasteiger charge is -2.04. The lowest BCUT2D eigenvalue weighted by atomic mass is 10.2. The van der Waals surface area contributed by atoms with E-state index in [1.165, 1.54) is 0 Å². The fraction of sp³-hybridized carbons (Fsp3) is 0. The maximum Gasteiger partial charge on any atom is 0.259 e. The predicted octanol–water partition coefficient (Wildman–Crippen LogP) is 1.78. The molecule has 14 heavy (non-hydrogen) atoms. The number of hydrogen-bond donors (Lipinski definition) is 2. The predicted molar refractivity (Wildman–Crippen MR) is 56.1 cm³/mol. The van der Waals surface area contributed by atoms with Gasteiger partial charge in [0.2, 0.25) is 0 Å². The molecule has 2 aromatic rings. The van der Waals surface area contributed by atoms with Crippen LogP contribution in [0.25, 0.3) is 10.9 Å². The van der Waals surface area contributed by atoms with Gasteiger partial charge >= 0.3 is 0 Å². The SMILES string of the molecule is O=S(O)Nc1cccc2cccnc12. The molecule has 1 aromatic heterocycles. The number of nitrogens with zero attached hydrogens (tertiary/aromatic N) is 1. The van der Waals surface area contributed by atoms with Crippen molar-refractivity contribution in [2.24, 2.45) is 0 Å². The summed E-state index contributed by atoms with van der Waals surface area (Å²) in [5, 5.41) is 0.933. The van der Waals surface area contributed by atoms with Crippen molar-refractivity contribution < 1.29 is 8.76 Å². The Balaban J connectivity index is 2.59. The molecule has 0 spiro atoms. The number of anilines is 1. The highest BCUT2D eigenvalue weighted by Gasteiger charge is 2.02. The number of fused-ring (bicyclic) bond motifs is 1. The van der Waals surface area contributed by atoms with Gasteiger partial charge in [-0.05, 0) is 12.1 Å². The molecule has 1 heterocycles. The van der Waals surface area contributed by atoms with Crippen molar-refractivity contribution in [1.82, 2.24) is 4.98 Å². The molecular formula is C9H8N2O2S. The normalized spacial score (nSPS) is 12.6. The summed E-state index contributed by atoms with van der Waals surface area (Å²) < 4.78 is 21.7. The topological polar surface area (TPSA) is 62.2 Å². The van der Waals surface area contributed by atoms with Crippen LogP contribution in [0.3, 0.4) is 0 Å². The Bertz CT molecular complexity index is 482. The first-order valence-corrected chi connectivity index (χ1v) is 5.09. The van der Waals surface area contributed by atoms with Crippen LogP contribution in [0.15, 0.2) is 36.5 Å². The molecule has 0 amide bonds. The molecule has 0 radical (unpaired) electrons. The third kappa shape index (κ3) is 1.73. The van der Waals surface area contributed by atoms with Crippen molar-refractivity contribution in [2.75, 3.05) is 4.72 Å². The quantitative estimate of drug-likeness (QED) is 0.739. The highest BCUT2D eigenvalue weighted by atomic mass is 32.2. The van der Waals surface area contributed by atoms with E-state index in [1.54, 1.807) is 18.3 Å². The number of aromatic nitrogens is 1. The summed E-state index contributed by atoms with van der Waals surface area (Å²) in [7, 11) is 0. The summed E-state index contributed by atoms with van der Waals surface area (Å²) in [4.78, 5) is 4.13. The van der Waals surface area contributed by atoms with Gasteiger partial charge in [-0.2, -0.15) is 0 Å². The first-order valence-electron chi connectivity index (χ1n) is 3.98. The van der Waals surface area contributed by atoms with E-state index in [1.807, 2.05) is 18.2 Å². The van der Waals surface area contributed by atoms with Crippen molar-refractivity contribution in [3.63, 3.8) is 0 Å². The van der Waals surface area contributed by atoms with Crippen LogP contribution in [0.4, 0.5) is 5.69 Å². The average molecular weight is 208 g/mol. The molecule has 1 unspecified atom stereocenters. The first-order chi connectivity index (χ1) is 6.77. The molecule has 2 N–H and O–H groups in total. The molecule has 0 aliphatic carbocycles. The summed E-state index contributed by atoms with van der Waals surface area (Å²) in [5.41, 5.74) is 1.25. The van der Waals surface area contributed by atoms with E-state index in [-0.39, 0.29) is 0 Å². The second-order valence-electron chi connectivity index (χ2n) is 2.73. The molecular weight excluding hydrogens is 200 g/mol. The second-order valence-corrected chi connectivity index (χ2v) is 3.43. The molecule has 72 valence electrons.